The summed E-state index contributed by atoms with van der Waals surface area (Å²) in [6, 6.07) is 3.16. The minimum atomic E-state index is -0.987. The molecule has 0 atom stereocenters. The predicted octanol–water partition coefficient (Wildman–Crippen LogP) is 0.661. The van der Waals surface area contributed by atoms with Crippen LogP contribution in [0.2, 0.25) is 0 Å². The number of aryl methyl sites for hydroxylation is 1. The molecule has 98 valence electrons. The topological polar surface area (TPSA) is 82.5 Å². The molecule has 0 spiro atoms. The summed E-state index contributed by atoms with van der Waals surface area (Å²) in [6.45, 7) is 2.18. The normalized spacial score (nSPS) is 9.94. The van der Waals surface area contributed by atoms with Gasteiger partial charge in [-0.1, -0.05) is 0 Å². The molecule has 0 aromatic carbocycles. The van der Waals surface area contributed by atoms with E-state index in [4.69, 9.17) is 5.11 Å². The molecule has 1 heterocycles. The van der Waals surface area contributed by atoms with Gasteiger partial charge in [0.05, 0.1) is 11.3 Å². The monoisotopic (exact) mass is 251 g/mol. The first-order chi connectivity index (χ1) is 8.45. The van der Waals surface area contributed by atoms with Gasteiger partial charge in [0.15, 0.2) is 0 Å². The maximum atomic E-state index is 11.1. The van der Waals surface area contributed by atoms with Crippen LogP contribution in [0, 0.1) is 6.92 Å². The molecule has 18 heavy (non-hydrogen) atoms. The Labute approximate surface area is 106 Å². The number of hydrogen-bond donors (Lipinski definition) is 2. The fourth-order valence-electron chi connectivity index (χ4n) is 1.50. The Kier molecular flexibility index (Phi) is 4.65. The average molecular weight is 251 g/mol. The Balaban J connectivity index is 2.75. The van der Waals surface area contributed by atoms with E-state index in [2.05, 4.69) is 10.3 Å². The SMILES string of the molecule is CNC(=O)CCN(C)c1ccc(C(=O)O)c(C)n1. The van der Waals surface area contributed by atoms with E-state index in [1.54, 1.807) is 20.0 Å². The molecule has 6 heteroatoms. The minimum absolute atomic E-state index is 0.0410. The van der Waals surface area contributed by atoms with E-state index >= 15 is 0 Å². The quantitative estimate of drug-likeness (QED) is 0.803. The van der Waals surface area contributed by atoms with E-state index in [0.717, 1.165) is 0 Å². The van der Waals surface area contributed by atoms with E-state index in [1.807, 2.05) is 11.9 Å². The van der Waals surface area contributed by atoms with Crippen LogP contribution in [0.15, 0.2) is 12.1 Å². The van der Waals surface area contributed by atoms with E-state index in [0.29, 0.717) is 24.5 Å². The summed E-state index contributed by atoms with van der Waals surface area (Å²) in [4.78, 5) is 28.0. The van der Waals surface area contributed by atoms with Crippen molar-refractivity contribution in [3.05, 3.63) is 23.4 Å². The molecule has 0 bridgehead atoms. The Hall–Kier alpha value is -2.11. The van der Waals surface area contributed by atoms with Gasteiger partial charge in [0.25, 0.3) is 0 Å². The summed E-state index contributed by atoms with van der Waals surface area (Å²) in [6.07, 6.45) is 0.369. The predicted molar refractivity (Wildman–Crippen MR) is 67.9 cm³/mol. The van der Waals surface area contributed by atoms with Gasteiger partial charge in [0.1, 0.15) is 5.82 Å². The lowest BCUT2D eigenvalue weighted by Crippen LogP contribution is -2.27. The third-order valence-electron chi connectivity index (χ3n) is 2.65. The molecule has 0 radical (unpaired) electrons. The Morgan fingerprint density at radius 1 is 1.44 bits per heavy atom. The number of anilines is 1. The van der Waals surface area contributed by atoms with Crippen LogP contribution in [0.5, 0.6) is 0 Å². The lowest BCUT2D eigenvalue weighted by molar-refractivity contribution is -0.120. The number of amides is 1. The summed E-state index contributed by atoms with van der Waals surface area (Å²) in [5.74, 6) is -0.373. The van der Waals surface area contributed by atoms with Crippen LogP contribution in [-0.4, -0.2) is 42.6 Å². The molecular formula is C12H17N3O3. The van der Waals surface area contributed by atoms with Gasteiger partial charge in [0, 0.05) is 27.1 Å². The second-order valence-electron chi connectivity index (χ2n) is 3.95. The zero-order chi connectivity index (χ0) is 13.7. The molecule has 0 fully saturated rings. The fraction of sp³-hybridized carbons (Fsp3) is 0.417. The molecule has 1 rings (SSSR count). The minimum Gasteiger partial charge on any atom is -0.478 e. The first-order valence-corrected chi connectivity index (χ1v) is 5.58. The van der Waals surface area contributed by atoms with Gasteiger partial charge in [-0.3, -0.25) is 4.79 Å². The van der Waals surface area contributed by atoms with Gasteiger partial charge in [-0.05, 0) is 19.1 Å². The summed E-state index contributed by atoms with van der Waals surface area (Å²) in [5, 5.41) is 11.4. The number of hydrogen-bond acceptors (Lipinski definition) is 4. The first-order valence-electron chi connectivity index (χ1n) is 5.58. The first kappa shape index (κ1) is 14.0. The number of nitrogens with zero attached hydrogens (tertiary/aromatic N) is 2. The average Bonchev–Trinajstić information content (AvgIpc) is 2.34. The molecule has 1 aromatic rings. The maximum absolute atomic E-state index is 11.1. The van der Waals surface area contributed by atoms with Gasteiger partial charge >= 0.3 is 5.97 Å². The van der Waals surface area contributed by atoms with E-state index in [1.165, 1.54) is 6.07 Å². The van der Waals surface area contributed by atoms with E-state index < -0.39 is 5.97 Å². The van der Waals surface area contributed by atoms with Crippen LogP contribution >= 0.6 is 0 Å². The van der Waals surface area contributed by atoms with Crippen molar-refractivity contribution in [3.63, 3.8) is 0 Å². The molecule has 2 N–H and O–H groups in total. The van der Waals surface area contributed by atoms with Gasteiger partial charge in [-0.2, -0.15) is 0 Å². The second kappa shape index (κ2) is 6.00. The van der Waals surface area contributed by atoms with Gasteiger partial charge in [0.2, 0.25) is 5.91 Å². The second-order valence-corrected chi connectivity index (χ2v) is 3.95. The molecule has 0 saturated heterocycles. The van der Waals surface area contributed by atoms with Gasteiger partial charge in [-0.15, -0.1) is 0 Å². The van der Waals surface area contributed by atoms with Crippen molar-refractivity contribution in [1.82, 2.24) is 10.3 Å². The highest BCUT2D eigenvalue weighted by molar-refractivity contribution is 5.89. The summed E-state index contributed by atoms with van der Waals surface area (Å²) >= 11 is 0. The van der Waals surface area contributed by atoms with E-state index in [-0.39, 0.29) is 11.5 Å². The summed E-state index contributed by atoms with van der Waals surface area (Å²) in [5.41, 5.74) is 0.658. The van der Waals surface area contributed by atoms with Crippen LogP contribution in [0.1, 0.15) is 22.5 Å². The number of aromatic nitrogens is 1. The third kappa shape index (κ3) is 3.44. The van der Waals surface area contributed by atoms with Crippen LogP contribution in [0.3, 0.4) is 0 Å². The zero-order valence-electron chi connectivity index (χ0n) is 10.7. The van der Waals surface area contributed by atoms with Crippen molar-refractivity contribution in [2.75, 3.05) is 25.5 Å². The Bertz CT molecular complexity index is 460. The molecule has 1 amide bonds. The van der Waals surface area contributed by atoms with Crippen molar-refractivity contribution < 1.29 is 14.7 Å². The maximum Gasteiger partial charge on any atom is 0.337 e. The molecule has 0 saturated carbocycles. The number of carbonyl (C=O) groups excluding carboxylic acids is 1. The van der Waals surface area contributed by atoms with E-state index in [9.17, 15) is 9.59 Å². The van der Waals surface area contributed by atoms with Crippen molar-refractivity contribution in [2.24, 2.45) is 0 Å². The smallest absolute Gasteiger partial charge is 0.337 e. The number of carboxylic acids is 1. The largest absolute Gasteiger partial charge is 0.478 e. The lowest BCUT2D eigenvalue weighted by atomic mass is 10.2. The lowest BCUT2D eigenvalue weighted by Gasteiger charge is -2.18. The standard InChI is InChI=1S/C12H17N3O3/c1-8-9(12(17)18)4-5-10(14-8)15(3)7-6-11(16)13-2/h4-5H,6-7H2,1-3H3,(H,13,16)(H,17,18). The van der Waals surface area contributed by atoms with Crippen molar-refractivity contribution >= 4 is 17.7 Å². The van der Waals surface area contributed by atoms with Crippen molar-refractivity contribution in [1.29, 1.82) is 0 Å². The number of rotatable bonds is 5. The van der Waals surface area contributed by atoms with Crippen molar-refractivity contribution in [2.45, 2.75) is 13.3 Å². The molecular weight excluding hydrogens is 234 g/mol. The highest BCUT2D eigenvalue weighted by atomic mass is 16.4. The molecule has 0 aliphatic rings. The van der Waals surface area contributed by atoms with Crippen LogP contribution in [0.25, 0.3) is 0 Å². The fourth-order valence-corrected chi connectivity index (χ4v) is 1.50. The van der Waals surface area contributed by atoms with Crippen LogP contribution in [0.4, 0.5) is 5.82 Å². The van der Waals surface area contributed by atoms with Crippen LogP contribution < -0.4 is 10.2 Å². The number of pyridine rings is 1. The number of aromatic carboxylic acids is 1. The molecule has 0 aliphatic heterocycles. The van der Waals surface area contributed by atoms with Crippen LogP contribution in [-0.2, 0) is 4.79 Å². The highest BCUT2D eigenvalue weighted by Gasteiger charge is 2.11. The van der Waals surface area contributed by atoms with Gasteiger partial charge in [-0.25, -0.2) is 9.78 Å². The molecule has 6 nitrogen and oxygen atoms in total. The molecule has 0 unspecified atom stereocenters. The third-order valence-corrected chi connectivity index (χ3v) is 2.65. The summed E-state index contributed by atoms with van der Waals surface area (Å²) < 4.78 is 0. The Morgan fingerprint density at radius 3 is 2.61 bits per heavy atom. The zero-order valence-corrected chi connectivity index (χ0v) is 10.7. The highest BCUT2D eigenvalue weighted by Crippen LogP contribution is 2.13. The summed E-state index contributed by atoms with van der Waals surface area (Å²) in [7, 11) is 3.40. The molecule has 1 aromatic heterocycles. The number of carbonyl (C=O) groups is 2. The van der Waals surface area contributed by atoms with Gasteiger partial charge < -0.3 is 15.3 Å². The number of carboxylic acid groups (broad SMARTS) is 1. The van der Waals surface area contributed by atoms with Crippen molar-refractivity contribution in [3.8, 4) is 0 Å². The Morgan fingerprint density at radius 2 is 2.11 bits per heavy atom. The molecule has 0 aliphatic carbocycles. The number of nitrogens with one attached hydrogen (secondary N) is 1.